The Morgan fingerprint density at radius 3 is 2.00 bits per heavy atom. The van der Waals surface area contributed by atoms with Gasteiger partial charge in [-0.05, 0) is 20.8 Å². The highest BCUT2D eigenvalue weighted by atomic mass is 28.4. The van der Waals surface area contributed by atoms with Gasteiger partial charge in [0.25, 0.3) is 5.82 Å². The summed E-state index contributed by atoms with van der Waals surface area (Å²) in [5.41, 5.74) is 0. The van der Waals surface area contributed by atoms with Crippen LogP contribution in [0.3, 0.4) is 0 Å². The van der Waals surface area contributed by atoms with Gasteiger partial charge in [-0.15, -0.1) is 0 Å². The Hall–Kier alpha value is -0.693. The van der Waals surface area contributed by atoms with Gasteiger partial charge in [0, 0.05) is 26.7 Å². The molecule has 0 bridgehead atoms. The van der Waals surface area contributed by atoms with Crippen LogP contribution in [-0.4, -0.2) is 33.2 Å². The lowest BCUT2D eigenvalue weighted by atomic mass is 10.6. The van der Waals surface area contributed by atoms with E-state index in [9.17, 15) is 0 Å². The highest BCUT2D eigenvalue weighted by molar-refractivity contribution is 6.60. The van der Waals surface area contributed by atoms with Crippen LogP contribution in [0.25, 0.3) is 0 Å². The van der Waals surface area contributed by atoms with Crippen LogP contribution in [0.1, 0.15) is 26.6 Å². The van der Waals surface area contributed by atoms with E-state index in [1.807, 2.05) is 27.8 Å². The molecule has 110 valence electrons. The zero-order valence-electron chi connectivity index (χ0n) is 12.8. The van der Waals surface area contributed by atoms with E-state index < -0.39 is 8.80 Å². The summed E-state index contributed by atoms with van der Waals surface area (Å²) in [4.78, 5) is 0. The van der Waals surface area contributed by atoms with Crippen molar-refractivity contribution < 1.29 is 17.8 Å². The number of imidazole rings is 1. The van der Waals surface area contributed by atoms with Gasteiger partial charge in [-0.1, -0.05) is 0 Å². The van der Waals surface area contributed by atoms with Crippen LogP contribution in [-0.2, 0) is 26.9 Å². The van der Waals surface area contributed by atoms with E-state index in [1.165, 1.54) is 5.82 Å². The van der Waals surface area contributed by atoms with Crippen LogP contribution in [0, 0.1) is 6.92 Å². The molecule has 0 aliphatic heterocycles. The Kier molecular flexibility index (Phi) is 6.71. The van der Waals surface area contributed by atoms with E-state index in [1.54, 1.807) is 0 Å². The first kappa shape index (κ1) is 16.4. The number of hydrogen-bond acceptors (Lipinski definition) is 3. The van der Waals surface area contributed by atoms with E-state index in [-0.39, 0.29) is 0 Å². The topological polar surface area (TPSA) is 36.5 Å². The molecule has 1 aromatic rings. The molecule has 19 heavy (non-hydrogen) atoms. The molecule has 0 unspecified atom stereocenters. The number of hydrogen-bond donors (Lipinski definition) is 0. The molecule has 0 aliphatic carbocycles. The van der Waals surface area contributed by atoms with Crippen molar-refractivity contribution in [3.8, 4) is 0 Å². The predicted octanol–water partition coefficient (Wildman–Crippen LogP) is 1.67. The second-order valence-electron chi connectivity index (χ2n) is 4.38. The Morgan fingerprint density at radius 1 is 1.11 bits per heavy atom. The van der Waals surface area contributed by atoms with Gasteiger partial charge in [0.1, 0.15) is 12.4 Å². The minimum Gasteiger partial charge on any atom is -0.374 e. The number of aryl methyl sites for hydroxylation is 2. The summed E-state index contributed by atoms with van der Waals surface area (Å²) in [7, 11) is -0.476. The minimum absolute atomic E-state index is 0.630. The van der Waals surface area contributed by atoms with Gasteiger partial charge in [-0.2, -0.15) is 0 Å². The van der Waals surface area contributed by atoms with Gasteiger partial charge in [-0.3, -0.25) is 0 Å². The van der Waals surface area contributed by atoms with Crippen molar-refractivity contribution >= 4 is 8.80 Å². The molecule has 0 atom stereocenters. The maximum atomic E-state index is 5.85. The highest BCUT2D eigenvalue weighted by Crippen LogP contribution is 2.17. The van der Waals surface area contributed by atoms with Gasteiger partial charge in [0.05, 0.1) is 19.6 Å². The van der Waals surface area contributed by atoms with E-state index >= 15 is 0 Å². The van der Waals surface area contributed by atoms with Gasteiger partial charge in [-0.25, -0.2) is 9.13 Å². The fourth-order valence-corrected chi connectivity index (χ4v) is 4.61. The van der Waals surface area contributed by atoms with Crippen molar-refractivity contribution in [2.75, 3.05) is 19.8 Å². The summed E-state index contributed by atoms with van der Waals surface area (Å²) in [6.45, 7) is 10.8. The van der Waals surface area contributed by atoms with Gasteiger partial charge in [0.15, 0.2) is 0 Å². The van der Waals surface area contributed by atoms with Crippen molar-refractivity contribution in [2.45, 2.75) is 40.3 Å². The van der Waals surface area contributed by atoms with E-state index in [0.29, 0.717) is 19.8 Å². The monoisotopic (exact) mass is 287 g/mol. The molecular formula is C13H27N2O3Si+. The Bertz CT molecular complexity index is 365. The fraction of sp³-hybridized carbons (Fsp3) is 0.769. The minimum atomic E-state index is -2.52. The molecule has 0 amide bonds. The van der Waals surface area contributed by atoms with Gasteiger partial charge < -0.3 is 13.3 Å². The zero-order chi connectivity index (χ0) is 14.3. The largest absolute Gasteiger partial charge is 0.504 e. The fourth-order valence-electron chi connectivity index (χ4n) is 2.09. The molecule has 1 aromatic heterocycles. The Morgan fingerprint density at radius 2 is 1.63 bits per heavy atom. The van der Waals surface area contributed by atoms with Gasteiger partial charge >= 0.3 is 8.80 Å². The quantitative estimate of drug-likeness (QED) is 0.512. The van der Waals surface area contributed by atoms with Crippen LogP contribution >= 0.6 is 0 Å². The third-order valence-corrected chi connectivity index (χ3v) is 6.17. The molecule has 1 heterocycles. The van der Waals surface area contributed by atoms with Crippen molar-refractivity contribution in [3.63, 3.8) is 0 Å². The molecule has 0 radical (unpaired) electrons. The van der Waals surface area contributed by atoms with Crippen LogP contribution in [0.15, 0.2) is 12.4 Å². The van der Waals surface area contributed by atoms with Gasteiger partial charge in [0.2, 0.25) is 0 Å². The normalized spacial score (nSPS) is 12.1. The van der Waals surface area contributed by atoms with Crippen molar-refractivity contribution in [3.05, 3.63) is 18.2 Å². The van der Waals surface area contributed by atoms with Crippen LogP contribution in [0.2, 0.25) is 6.04 Å². The summed E-state index contributed by atoms with van der Waals surface area (Å²) in [6.07, 6.45) is 4.14. The Labute approximate surface area is 117 Å². The molecule has 0 saturated heterocycles. The first-order chi connectivity index (χ1) is 9.08. The molecule has 0 fully saturated rings. The molecule has 0 N–H and O–H groups in total. The third-order valence-electron chi connectivity index (χ3n) is 3.15. The summed E-state index contributed by atoms with van der Waals surface area (Å²) in [6, 6.07) is 0.804. The van der Waals surface area contributed by atoms with Crippen LogP contribution < -0.4 is 4.57 Å². The molecule has 6 heteroatoms. The van der Waals surface area contributed by atoms with Crippen molar-refractivity contribution in [1.29, 1.82) is 0 Å². The molecular weight excluding hydrogens is 260 g/mol. The highest BCUT2D eigenvalue weighted by Gasteiger charge is 2.41. The maximum Gasteiger partial charge on any atom is 0.504 e. The van der Waals surface area contributed by atoms with Crippen LogP contribution in [0.5, 0.6) is 0 Å². The third kappa shape index (κ3) is 4.41. The summed E-state index contributed by atoms with van der Waals surface area (Å²) < 4.78 is 21.9. The lowest BCUT2D eigenvalue weighted by molar-refractivity contribution is -0.677. The predicted molar refractivity (Wildman–Crippen MR) is 75.8 cm³/mol. The Balaban J connectivity index is 2.73. The standard InChI is InChI=1S/C13H27N2O3Si/c1-6-16-19(17-7-2,18-8-3)12-11-15-10-9-14(5)13(15)4/h9-10H,6-8,11-12H2,1-5H3/q+1. The first-order valence-electron chi connectivity index (χ1n) is 7.01. The molecule has 0 aromatic carbocycles. The van der Waals surface area contributed by atoms with E-state index in [4.69, 9.17) is 13.3 Å². The molecule has 0 spiro atoms. The molecule has 0 saturated carbocycles. The van der Waals surface area contributed by atoms with Crippen molar-refractivity contribution in [2.24, 2.45) is 7.05 Å². The summed E-state index contributed by atoms with van der Waals surface area (Å²) in [5.74, 6) is 1.22. The first-order valence-corrected chi connectivity index (χ1v) is 8.95. The summed E-state index contributed by atoms with van der Waals surface area (Å²) in [5, 5.41) is 0. The maximum absolute atomic E-state index is 5.85. The SMILES string of the molecule is CCO[Si](CCn1cc[n+](C)c1C)(OCC)OCC. The summed E-state index contributed by atoms with van der Waals surface area (Å²) >= 11 is 0. The smallest absolute Gasteiger partial charge is 0.374 e. The number of rotatable bonds is 9. The lowest BCUT2D eigenvalue weighted by Gasteiger charge is -2.27. The average Bonchev–Trinajstić information content (AvgIpc) is 2.69. The van der Waals surface area contributed by atoms with E-state index in [2.05, 4.69) is 28.5 Å². The molecule has 0 aliphatic rings. The number of aromatic nitrogens is 2. The lowest BCUT2D eigenvalue weighted by Crippen LogP contribution is -2.46. The second kappa shape index (κ2) is 7.79. The second-order valence-corrected chi connectivity index (χ2v) is 7.11. The molecule has 5 nitrogen and oxygen atoms in total. The zero-order valence-corrected chi connectivity index (χ0v) is 13.8. The van der Waals surface area contributed by atoms with Crippen LogP contribution in [0.4, 0.5) is 0 Å². The van der Waals surface area contributed by atoms with Crippen molar-refractivity contribution in [1.82, 2.24) is 4.57 Å². The van der Waals surface area contributed by atoms with E-state index in [0.717, 1.165) is 12.6 Å². The average molecular weight is 287 g/mol. The number of nitrogens with zero attached hydrogens (tertiary/aromatic N) is 2. The molecule has 1 rings (SSSR count).